The van der Waals surface area contributed by atoms with Gasteiger partial charge in [0.05, 0.1) is 7.11 Å². The molecule has 0 bridgehead atoms. The smallest absolute Gasteiger partial charge is 0.123 e. The largest absolute Gasteiger partial charge is 0.496 e. The molecule has 1 aromatic rings. The molecule has 20 heavy (non-hydrogen) atoms. The molecular formula is C17H28N2O. The Balaban J connectivity index is 1.96. The Morgan fingerprint density at radius 2 is 2.20 bits per heavy atom. The van der Waals surface area contributed by atoms with E-state index in [-0.39, 0.29) is 0 Å². The van der Waals surface area contributed by atoms with Gasteiger partial charge in [0, 0.05) is 24.2 Å². The standard InChI is InChI=1S/C17H28N2O/c1-13-8-9-16(17(11-13)20-4)14(2)18-12-15-7-5-6-10-19(15)3/h8-9,11,14-15,18H,5-7,10,12H2,1-4H3. The molecule has 3 nitrogen and oxygen atoms in total. The maximum absolute atomic E-state index is 5.51. The zero-order valence-corrected chi connectivity index (χ0v) is 13.3. The molecule has 0 amide bonds. The first-order valence-corrected chi connectivity index (χ1v) is 7.70. The first-order chi connectivity index (χ1) is 9.61. The Labute approximate surface area is 123 Å². The van der Waals surface area contributed by atoms with Crippen LogP contribution in [0.25, 0.3) is 0 Å². The second kappa shape index (κ2) is 7.09. The number of likely N-dealkylation sites (tertiary alicyclic amines) is 1. The van der Waals surface area contributed by atoms with Crippen LogP contribution in [-0.4, -0.2) is 38.2 Å². The van der Waals surface area contributed by atoms with Gasteiger partial charge in [0.1, 0.15) is 5.75 Å². The van der Waals surface area contributed by atoms with Gasteiger partial charge >= 0.3 is 0 Å². The first-order valence-electron chi connectivity index (χ1n) is 7.70. The summed E-state index contributed by atoms with van der Waals surface area (Å²) in [4.78, 5) is 2.48. The second-order valence-electron chi connectivity index (χ2n) is 6.01. The van der Waals surface area contributed by atoms with Gasteiger partial charge in [-0.3, -0.25) is 0 Å². The van der Waals surface area contributed by atoms with Crippen LogP contribution >= 0.6 is 0 Å². The molecule has 1 aromatic carbocycles. The van der Waals surface area contributed by atoms with Crippen molar-refractivity contribution in [2.24, 2.45) is 0 Å². The quantitative estimate of drug-likeness (QED) is 0.894. The molecule has 1 N–H and O–H groups in total. The average molecular weight is 276 g/mol. The number of likely N-dealkylation sites (N-methyl/N-ethyl adjacent to an activating group) is 1. The van der Waals surface area contributed by atoms with Crippen molar-refractivity contribution in [2.45, 2.75) is 45.2 Å². The zero-order chi connectivity index (χ0) is 14.5. The normalized spacial score (nSPS) is 21.7. The van der Waals surface area contributed by atoms with Crippen LogP contribution in [0.2, 0.25) is 0 Å². The van der Waals surface area contributed by atoms with E-state index in [2.05, 4.69) is 49.3 Å². The maximum Gasteiger partial charge on any atom is 0.123 e. The minimum atomic E-state index is 0.320. The molecule has 1 heterocycles. The SMILES string of the molecule is COc1cc(C)ccc1C(C)NCC1CCCCN1C. The Hall–Kier alpha value is -1.06. The molecule has 0 saturated carbocycles. The molecule has 2 unspecified atom stereocenters. The van der Waals surface area contributed by atoms with Crippen molar-refractivity contribution in [3.8, 4) is 5.75 Å². The number of nitrogens with one attached hydrogen (secondary N) is 1. The van der Waals surface area contributed by atoms with Crippen molar-refractivity contribution in [2.75, 3.05) is 27.2 Å². The minimum absolute atomic E-state index is 0.320. The maximum atomic E-state index is 5.51. The number of rotatable bonds is 5. The highest BCUT2D eigenvalue weighted by atomic mass is 16.5. The Kier molecular flexibility index (Phi) is 5.44. The molecule has 112 valence electrons. The van der Waals surface area contributed by atoms with Gasteiger partial charge in [-0.05, 0) is 51.9 Å². The summed E-state index contributed by atoms with van der Waals surface area (Å²) in [6.45, 7) is 6.60. The van der Waals surface area contributed by atoms with Crippen LogP contribution in [0.1, 0.15) is 43.4 Å². The number of hydrogen-bond donors (Lipinski definition) is 1. The van der Waals surface area contributed by atoms with Crippen LogP contribution in [0.4, 0.5) is 0 Å². The number of aryl methyl sites for hydroxylation is 1. The van der Waals surface area contributed by atoms with Gasteiger partial charge in [0.2, 0.25) is 0 Å². The van der Waals surface area contributed by atoms with Crippen LogP contribution in [0.5, 0.6) is 5.75 Å². The lowest BCUT2D eigenvalue weighted by Gasteiger charge is -2.33. The Morgan fingerprint density at radius 3 is 2.90 bits per heavy atom. The van der Waals surface area contributed by atoms with E-state index in [1.807, 2.05) is 0 Å². The lowest BCUT2D eigenvalue weighted by atomic mass is 10.0. The first kappa shape index (κ1) is 15.3. The fraction of sp³-hybridized carbons (Fsp3) is 0.647. The summed E-state index contributed by atoms with van der Waals surface area (Å²) in [6.07, 6.45) is 4.01. The number of methoxy groups -OCH3 is 1. The third kappa shape index (κ3) is 3.74. The molecule has 1 aliphatic rings. The summed E-state index contributed by atoms with van der Waals surface area (Å²) < 4.78 is 5.51. The monoisotopic (exact) mass is 276 g/mol. The van der Waals surface area contributed by atoms with E-state index in [9.17, 15) is 0 Å². The third-order valence-electron chi connectivity index (χ3n) is 4.44. The lowest BCUT2D eigenvalue weighted by molar-refractivity contribution is 0.178. The number of piperidine rings is 1. The molecule has 2 rings (SSSR count). The van der Waals surface area contributed by atoms with Gasteiger partial charge in [0.25, 0.3) is 0 Å². The average Bonchev–Trinajstić information content (AvgIpc) is 2.46. The van der Waals surface area contributed by atoms with Gasteiger partial charge < -0.3 is 15.0 Å². The summed E-state index contributed by atoms with van der Waals surface area (Å²) in [5.74, 6) is 0.988. The van der Waals surface area contributed by atoms with Crippen molar-refractivity contribution in [1.82, 2.24) is 10.2 Å². The minimum Gasteiger partial charge on any atom is -0.496 e. The molecule has 0 radical (unpaired) electrons. The summed E-state index contributed by atoms with van der Waals surface area (Å²) in [6, 6.07) is 7.43. The summed E-state index contributed by atoms with van der Waals surface area (Å²) in [5, 5.41) is 3.67. The lowest BCUT2D eigenvalue weighted by Crippen LogP contribution is -2.43. The third-order valence-corrected chi connectivity index (χ3v) is 4.44. The topological polar surface area (TPSA) is 24.5 Å². The van der Waals surface area contributed by atoms with Crippen molar-refractivity contribution in [3.05, 3.63) is 29.3 Å². The Morgan fingerprint density at radius 1 is 1.40 bits per heavy atom. The molecule has 1 saturated heterocycles. The van der Waals surface area contributed by atoms with Crippen molar-refractivity contribution in [3.63, 3.8) is 0 Å². The molecule has 3 heteroatoms. The van der Waals surface area contributed by atoms with E-state index in [0.29, 0.717) is 12.1 Å². The van der Waals surface area contributed by atoms with Crippen LogP contribution in [0, 0.1) is 6.92 Å². The number of ether oxygens (including phenoxy) is 1. The Bertz CT molecular complexity index is 433. The van der Waals surface area contributed by atoms with Crippen molar-refractivity contribution in [1.29, 1.82) is 0 Å². The van der Waals surface area contributed by atoms with Crippen LogP contribution in [-0.2, 0) is 0 Å². The number of nitrogens with zero attached hydrogens (tertiary/aromatic N) is 1. The van der Waals surface area contributed by atoms with E-state index >= 15 is 0 Å². The molecule has 1 aliphatic heterocycles. The van der Waals surface area contributed by atoms with Gasteiger partial charge in [-0.15, -0.1) is 0 Å². The highest BCUT2D eigenvalue weighted by Gasteiger charge is 2.20. The van der Waals surface area contributed by atoms with Gasteiger partial charge in [-0.1, -0.05) is 18.6 Å². The van der Waals surface area contributed by atoms with Crippen LogP contribution in [0.15, 0.2) is 18.2 Å². The van der Waals surface area contributed by atoms with Crippen molar-refractivity contribution >= 4 is 0 Å². The predicted molar refractivity (Wildman–Crippen MR) is 84.4 cm³/mol. The number of hydrogen-bond acceptors (Lipinski definition) is 3. The van der Waals surface area contributed by atoms with Crippen molar-refractivity contribution < 1.29 is 4.74 Å². The van der Waals surface area contributed by atoms with E-state index in [0.717, 1.165) is 12.3 Å². The highest BCUT2D eigenvalue weighted by molar-refractivity contribution is 5.39. The second-order valence-corrected chi connectivity index (χ2v) is 6.01. The van der Waals surface area contributed by atoms with E-state index in [1.165, 1.54) is 36.9 Å². The summed E-state index contributed by atoms with van der Waals surface area (Å²) in [5.41, 5.74) is 2.49. The van der Waals surface area contributed by atoms with Crippen LogP contribution in [0.3, 0.4) is 0 Å². The molecule has 0 spiro atoms. The molecule has 2 atom stereocenters. The molecular weight excluding hydrogens is 248 g/mol. The number of benzene rings is 1. The fourth-order valence-electron chi connectivity index (χ4n) is 3.00. The van der Waals surface area contributed by atoms with Gasteiger partial charge in [-0.25, -0.2) is 0 Å². The fourth-order valence-corrected chi connectivity index (χ4v) is 3.00. The summed E-state index contributed by atoms with van der Waals surface area (Å²) >= 11 is 0. The van der Waals surface area contributed by atoms with E-state index in [1.54, 1.807) is 7.11 Å². The molecule has 0 aliphatic carbocycles. The predicted octanol–water partition coefficient (Wildman–Crippen LogP) is 3.14. The van der Waals surface area contributed by atoms with Gasteiger partial charge in [0.15, 0.2) is 0 Å². The van der Waals surface area contributed by atoms with E-state index in [4.69, 9.17) is 4.74 Å². The van der Waals surface area contributed by atoms with Crippen LogP contribution < -0.4 is 10.1 Å². The molecule has 1 fully saturated rings. The summed E-state index contributed by atoms with van der Waals surface area (Å²) in [7, 11) is 3.99. The van der Waals surface area contributed by atoms with Gasteiger partial charge in [-0.2, -0.15) is 0 Å². The zero-order valence-electron chi connectivity index (χ0n) is 13.3. The van der Waals surface area contributed by atoms with E-state index < -0.39 is 0 Å². The molecule has 0 aromatic heterocycles. The highest BCUT2D eigenvalue weighted by Crippen LogP contribution is 2.26.